The Hall–Kier alpha value is -3.55. The highest BCUT2D eigenvalue weighted by molar-refractivity contribution is 5.89. The number of likely N-dealkylation sites (N-methyl/N-ethyl adjacent to an activating group) is 1. The van der Waals surface area contributed by atoms with Crippen molar-refractivity contribution in [3.63, 3.8) is 0 Å². The van der Waals surface area contributed by atoms with Crippen molar-refractivity contribution in [2.24, 2.45) is 17.6 Å². The van der Waals surface area contributed by atoms with E-state index in [4.69, 9.17) is 19.9 Å². The molecule has 1 saturated heterocycles. The molecule has 0 bridgehead atoms. The fourth-order valence-electron chi connectivity index (χ4n) is 6.39. The Morgan fingerprint density at radius 1 is 1.04 bits per heavy atom. The fourth-order valence-corrected chi connectivity index (χ4v) is 6.39. The van der Waals surface area contributed by atoms with E-state index in [1.165, 1.54) is 21.3 Å². The first-order chi connectivity index (χ1) is 22.2. The van der Waals surface area contributed by atoms with Crippen LogP contribution in [0, 0.1) is 11.8 Å². The van der Waals surface area contributed by atoms with Crippen molar-refractivity contribution in [3.05, 3.63) is 35.9 Å². The monoisotopic (exact) mass is 659 g/mol. The van der Waals surface area contributed by atoms with Crippen LogP contribution in [0.2, 0.25) is 0 Å². The van der Waals surface area contributed by atoms with Gasteiger partial charge in [0.2, 0.25) is 23.6 Å². The van der Waals surface area contributed by atoms with Gasteiger partial charge in [0, 0.05) is 34.2 Å². The summed E-state index contributed by atoms with van der Waals surface area (Å²) in [5.74, 6) is -2.33. The van der Waals surface area contributed by atoms with E-state index >= 15 is 0 Å². The van der Waals surface area contributed by atoms with Crippen molar-refractivity contribution < 1.29 is 38.2 Å². The number of benzene rings is 1. The molecule has 13 heteroatoms. The van der Waals surface area contributed by atoms with E-state index in [0.29, 0.717) is 13.0 Å². The standard InChI is InChI=1S/C34H53N5O8/c1-21(31(42)37-24(32(43)47-7)18-22-12-9-8-10-13-22)30(46-6)25-14-11-17-39(25)27(40)19-26(45-5)29(23-15-16-23)38(4)28(41)20-36-33(44)34(2,3)35/h8-10,12-13,21,23-26,29-30H,11,14-20,35H2,1-7H3,(H,36,44)(H,37,42). The predicted molar refractivity (Wildman–Crippen MR) is 175 cm³/mol. The lowest BCUT2D eigenvalue weighted by atomic mass is 9.93. The minimum atomic E-state index is -1.12. The summed E-state index contributed by atoms with van der Waals surface area (Å²) < 4.78 is 16.7. The van der Waals surface area contributed by atoms with Gasteiger partial charge < -0.3 is 40.4 Å². The van der Waals surface area contributed by atoms with Crippen LogP contribution in [0.5, 0.6) is 0 Å². The molecule has 2 fully saturated rings. The molecule has 1 aromatic rings. The van der Waals surface area contributed by atoms with Gasteiger partial charge in [-0.1, -0.05) is 37.3 Å². The lowest BCUT2D eigenvalue weighted by Gasteiger charge is -2.37. The minimum Gasteiger partial charge on any atom is -0.467 e. The molecule has 1 aliphatic heterocycles. The summed E-state index contributed by atoms with van der Waals surface area (Å²) in [6.07, 6.45) is 2.29. The Balaban J connectivity index is 1.68. The summed E-state index contributed by atoms with van der Waals surface area (Å²) in [7, 11) is 6.00. The van der Waals surface area contributed by atoms with E-state index in [1.807, 2.05) is 30.3 Å². The van der Waals surface area contributed by atoms with Gasteiger partial charge in [0.1, 0.15) is 6.04 Å². The molecule has 4 N–H and O–H groups in total. The number of likely N-dealkylation sites (tertiary alicyclic amines) is 1. The fraction of sp³-hybridized carbons (Fsp3) is 0.676. The molecule has 47 heavy (non-hydrogen) atoms. The van der Waals surface area contributed by atoms with Gasteiger partial charge >= 0.3 is 5.97 Å². The molecule has 2 aliphatic rings. The van der Waals surface area contributed by atoms with Crippen LogP contribution >= 0.6 is 0 Å². The first kappa shape index (κ1) is 37.9. The molecule has 6 unspecified atom stereocenters. The highest BCUT2D eigenvalue weighted by atomic mass is 16.5. The van der Waals surface area contributed by atoms with Crippen LogP contribution in [0.3, 0.4) is 0 Å². The Morgan fingerprint density at radius 3 is 2.26 bits per heavy atom. The maximum atomic E-state index is 13.9. The molecule has 0 aromatic heterocycles. The maximum absolute atomic E-state index is 13.9. The minimum absolute atomic E-state index is 0.0342. The zero-order valence-electron chi connectivity index (χ0n) is 28.8. The second-order valence-electron chi connectivity index (χ2n) is 13.3. The second kappa shape index (κ2) is 17.0. The summed E-state index contributed by atoms with van der Waals surface area (Å²) in [6, 6.07) is 7.74. The topological polar surface area (TPSA) is 170 Å². The van der Waals surface area contributed by atoms with Gasteiger partial charge in [-0.3, -0.25) is 19.2 Å². The summed E-state index contributed by atoms with van der Waals surface area (Å²) in [6.45, 7) is 5.14. The third-order valence-corrected chi connectivity index (χ3v) is 9.25. The van der Waals surface area contributed by atoms with Crippen molar-refractivity contribution in [1.82, 2.24) is 20.4 Å². The second-order valence-corrected chi connectivity index (χ2v) is 13.3. The van der Waals surface area contributed by atoms with E-state index in [1.54, 1.807) is 37.6 Å². The average Bonchev–Trinajstić information content (AvgIpc) is 3.77. The van der Waals surface area contributed by atoms with Crippen LogP contribution in [0.25, 0.3) is 0 Å². The molecule has 262 valence electrons. The van der Waals surface area contributed by atoms with E-state index in [9.17, 15) is 24.0 Å². The number of carbonyl (C=O) groups excluding carboxylic acids is 5. The number of nitrogens with two attached hydrogens (primary N) is 1. The quantitative estimate of drug-likeness (QED) is 0.207. The molecular weight excluding hydrogens is 606 g/mol. The van der Waals surface area contributed by atoms with Crippen LogP contribution in [0.1, 0.15) is 58.4 Å². The largest absolute Gasteiger partial charge is 0.467 e. The zero-order chi connectivity index (χ0) is 34.9. The lowest BCUT2D eigenvalue weighted by Crippen LogP contribution is -2.55. The molecule has 1 aliphatic carbocycles. The first-order valence-electron chi connectivity index (χ1n) is 16.3. The number of nitrogens with one attached hydrogen (secondary N) is 2. The van der Waals surface area contributed by atoms with Gasteiger partial charge in [0.05, 0.1) is 55.8 Å². The molecule has 1 aromatic carbocycles. The molecule has 0 radical (unpaired) electrons. The summed E-state index contributed by atoms with van der Waals surface area (Å²) in [5.41, 5.74) is 5.60. The van der Waals surface area contributed by atoms with Crippen LogP contribution in [-0.2, 0) is 44.6 Å². The van der Waals surface area contributed by atoms with Crippen LogP contribution in [0.15, 0.2) is 30.3 Å². The summed E-state index contributed by atoms with van der Waals surface area (Å²) in [4.78, 5) is 68.6. The van der Waals surface area contributed by atoms with Crippen LogP contribution < -0.4 is 16.4 Å². The number of ether oxygens (including phenoxy) is 3. The molecule has 1 saturated carbocycles. The van der Waals surface area contributed by atoms with Gasteiger partial charge in [0.15, 0.2) is 0 Å². The smallest absolute Gasteiger partial charge is 0.328 e. The van der Waals surface area contributed by atoms with Crippen molar-refractivity contribution in [2.45, 2.75) is 95.2 Å². The summed E-state index contributed by atoms with van der Waals surface area (Å²) in [5, 5.41) is 5.43. The Bertz CT molecular complexity index is 1230. The van der Waals surface area contributed by atoms with Crippen LogP contribution in [-0.4, -0.2) is 117 Å². The Morgan fingerprint density at radius 2 is 1.70 bits per heavy atom. The lowest BCUT2D eigenvalue weighted by molar-refractivity contribution is -0.147. The summed E-state index contributed by atoms with van der Waals surface area (Å²) >= 11 is 0. The molecular formula is C34H53N5O8. The number of rotatable bonds is 17. The normalized spacial score (nSPS) is 19.6. The van der Waals surface area contributed by atoms with Gasteiger partial charge in [-0.15, -0.1) is 0 Å². The first-order valence-corrected chi connectivity index (χ1v) is 16.3. The number of esters is 1. The van der Waals surface area contributed by atoms with Gasteiger partial charge in [-0.25, -0.2) is 4.79 Å². The highest BCUT2D eigenvalue weighted by Gasteiger charge is 2.45. The maximum Gasteiger partial charge on any atom is 0.328 e. The molecule has 13 nitrogen and oxygen atoms in total. The van der Waals surface area contributed by atoms with Crippen molar-refractivity contribution in [3.8, 4) is 0 Å². The zero-order valence-corrected chi connectivity index (χ0v) is 28.8. The van der Waals surface area contributed by atoms with Gasteiger partial charge in [-0.2, -0.15) is 0 Å². The SMILES string of the molecule is COC(=O)C(Cc1ccccc1)NC(=O)C(C)C(OC)C1CCCN1C(=O)CC(OC)C(C1CC1)N(C)C(=O)CNC(=O)C(C)(C)N. The average molecular weight is 660 g/mol. The van der Waals surface area contributed by atoms with Gasteiger partial charge in [0.25, 0.3) is 0 Å². The van der Waals surface area contributed by atoms with Crippen molar-refractivity contribution in [2.75, 3.05) is 41.5 Å². The molecule has 4 amide bonds. The molecule has 1 heterocycles. The van der Waals surface area contributed by atoms with E-state index < -0.39 is 41.6 Å². The molecule has 6 atom stereocenters. The number of hydrogen-bond donors (Lipinski definition) is 3. The molecule has 3 rings (SSSR count). The van der Waals surface area contributed by atoms with E-state index in [0.717, 1.165) is 24.8 Å². The Labute approximate surface area is 278 Å². The molecule has 0 spiro atoms. The number of nitrogens with zero attached hydrogens (tertiary/aromatic N) is 2. The van der Waals surface area contributed by atoms with Crippen molar-refractivity contribution >= 4 is 29.6 Å². The van der Waals surface area contributed by atoms with E-state index in [-0.39, 0.29) is 55.1 Å². The van der Waals surface area contributed by atoms with Gasteiger partial charge in [-0.05, 0) is 51.0 Å². The van der Waals surface area contributed by atoms with E-state index in [2.05, 4.69) is 10.6 Å². The highest BCUT2D eigenvalue weighted by Crippen LogP contribution is 2.38. The number of amides is 4. The third kappa shape index (κ3) is 10.2. The van der Waals surface area contributed by atoms with Crippen molar-refractivity contribution in [1.29, 1.82) is 0 Å². The predicted octanol–water partition coefficient (Wildman–Crippen LogP) is 1.02. The van der Waals surface area contributed by atoms with Crippen LogP contribution in [0.4, 0.5) is 0 Å². The Kier molecular flexibility index (Phi) is 13.7. The number of hydrogen-bond acceptors (Lipinski definition) is 9. The number of methoxy groups -OCH3 is 3. The third-order valence-electron chi connectivity index (χ3n) is 9.25. The number of carbonyl (C=O) groups is 5.